The zero-order valence-corrected chi connectivity index (χ0v) is 22.8. The molecule has 1 fully saturated rings. The first kappa shape index (κ1) is 30.1. The third-order valence-corrected chi connectivity index (χ3v) is 6.01. The Bertz CT molecular complexity index is 1290. The second kappa shape index (κ2) is 13.6. The van der Waals surface area contributed by atoms with Gasteiger partial charge in [-0.25, -0.2) is 9.78 Å². The maximum absolute atomic E-state index is 13.4. The number of nitrogens with zero attached hydrogens (tertiary/aromatic N) is 3. The van der Waals surface area contributed by atoms with Crippen LogP contribution >= 0.6 is 0 Å². The normalized spacial score (nSPS) is 14.0. The van der Waals surface area contributed by atoms with Crippen molar-refractivity contribution < 1.29 is 34.1 Å². The van der Waals surface area contributed by atoms with Crippen molar-refractivity contribution in [2.75, 3.05) is 32.8 Å². The molecule has 3 rings (SSSR count). The lowest BCUT2D eigenvalue weighted by Crippen LogP contribution is -2.56. The zero-order chi connectivity index (χ0) is 29.3. The molecule has 2 heterocycles. The van der Waals surface area contributed by atoms with Gasteiger partial charge in [-0.15, -0.1) is 0 Å². The molecule has 0 spiro atoms. The van der Waals surface area contributed by atoms with Gasteiger partial charge in [-0.05, 0) is 39.3 Å². The minimum atomic E-state index is -1.26. The van der Waals surface area contributed by atoms with Crippen molar-refractivity contribution >= 4 is 23.9 Å². The first-order chi connectivity index (χ1) is 19.0. The molecule has 1 aliphatic heterocycles. The highest BCUT2D eigenvalue weighted by atomic mass is 16.6. The second-order valence-electron chi connectivity index (χ2n) is 9.77. The fourth-order valence-electron chi connectivity index (χ4n) is 4.00. The number of nitrogens with one attached hydrogen (secondary N) is 1. The van der Waals surface area contributed by atoms with Crippen LogP contribution in [-0.4, -0.2) is 93.3 Å². The van der Waals surface area contributed by atoms with Crippen LogP contribution in [0, 0.1) is 11.8 Å². The number of ether oxygens (including phenoxy) is 1. The number of aliphatic carboxylic acids is 1. The Kier molecular flexibility index (Phi) is 10.2. The SMILES string of the molecule is CCOC(=O)N1CCN(C(=O)C(CCC(=O)O)NC(=O)c2cc(C#CC(C)(C)O)cc(-c3ccccc3)n2)CC1. The molecule has 0 aliphatic carbocycles. The van der Waals surface area contributed by atoms with E-state index >= 15 is 0 Å². The van der Waals surface area contributed by atoms with E-state index in [2.05, 4.69) is 22.1 Å². The van der Waals surface area contributed by atoms with E-state index in [1.807, 2.05) is 30.3 Å². The van der Waals surface area contributed by atoms with E-state index in [-0.39, 0.29) is 51.3 Å². The van der Waals surface area contributed by atoms with Gasteiger partial charge in [-0.2, -0.15) is 0 Å². The van der Waals surface area contributed by atoms with Crippen LogP contribution in [0.5, 0.6) is 0 Å². The number of aromatic nitrogens is 1. The van der Waals surface area contributed by atoms with Crippen LogP contribution in [0.3, 0.4) is 0 Å². The van der Waals surface area contributed by atoms with Crippen molar-refractivity contribution in [2.45, 2.75) is 45.3 Å². The molecule has 1 aromatic carbocycles. The molecule has 40 heavy (non-hydrogen) atoms. The molecule has 2 aromatic rings. The summed E-state index contributed by atoms with van der Waals surface area (Å²) in [6.07, 6.45) is -0.917. The number of carbonyl (C=O) groups excluding carboxylic acids is 3. The Hall–Kier alpha value is -4.43. The summed E-state index contributed by atoms with van der Waals surface area (Å²) in [6.45, 7) is 5.98. The number of piperazine rings is 1. The summed E-state index contributed by atoms with van der Waals surface area (Å²) in [7, 11) is 0. The molecule has 0 bridgehead atoms. The van der Waals surface area contributed by atoms with E-state index in [1.165, 1.54) is 29.7 Å². The van der Waals surface area contributed by atoms with Gasteiger partial charge in [0.05, 0.1) is 12.3 Å². The van der Waals surface area contributed by atoms with Crippen LogP contribution in [-0.2, 0) is 14.3 Å². The Morgan fingerprint density at radius 1 is 1.07 bits per heavy atom. The Morgan fingerprint density at radius 2 is 1.73 bits per heavy atom. The standard InChI is InChI=1S/C29H34N4O7/c1-4-40-28(38)33-16-14-32(15-17-33)27(37)22(10-11-25(34)35)31-26(36)24-19-20(12-13-29(2,3)39)18-23(30-24)21-8-6-5-7-9-21/h5-9,18-19,22,39H,4,10-11,14-17H2,1-3H3,(H,31,36)(H,34,35). The number of hydrogen-bond donors (Lipinski definition) is 3. The molecule has 0 saturated carbocycles. The van der Waals surface area contributed by atoms with Crippen LogP contribution in [0.2, 0.25) is 0 Å². The molecule has 1 atom stereocenters. The third kappa shape index (κ3) is 8.81. The number of amides is 3. The fourth-order valence-corrected chi connectivity index (χ4v) is 4.00. The highest BCUT2D eigenvalue weighted by Gasteiger charge is 2.31. The average Bonchev–Trinajstić information content (AvgIpc) is 2.93. The molecule has 3 N–H and O–H groups in total. The van der Waals surface area contributed by atoms with Gasteiger partial charge in [0.2, 0.25) is 5.91 Å². The van der Waals surface area contributed by atoms with Crippen LogP contribution in [0.4, 0.5) is 4.79 Å². The molecule has 212 valence electrons. The van der Waals surface area contributed by atoms with Gasteiger partial charge < -0.3 is 30.1 Å². The van der Waals surface area contributed by atoms with Crippen molar-refractivity contribution in [3.05, 3.63) is 53.7 Å². The van der Waals surface area contributed by atoms with Gasteiger partial charge in [-0.3, -0.25) is 14.4 Å². The number of hydrogen-bond acceptors (Lipinski definition) is 7. The zero-order valence-electron chi connectivity index (χ0n) is 22.8. The quantitative estimate of drug-likeness (QED) is 0.423. The van der Waals surface area contributed by atoms with Gasteiger partial charge in [0.15, 0.2) is 0 Å². The second-order valence-corrected chi connectivity index (χ2v) is 9.77. The smallest absolute Gasteiger partial charge is 0.409 e. The van der Waals surface area contributed by atoms with E-state index < -0.39 is 35.5 Å². The molecular weight excluding hydrogens is 516 g/mol. The van der Waals surface area contributed by atoms with E-state index in [9.17, 15) is 29.4 Å². The summed E-state index contributed by atoms with van der Waals surface area (Å²) in [5, 5.41) is 21.9. The first-order valence-corrected chi connectivity index (χ1v) is 13.0. The summed E-state index contributed by atoms with van der Waals surface area (Å²) < 4.78 is 5.01. The molecule has 1 aliphatic rings. The van der Waals surface area contributed by atoms with Crippen molar-refractivity contribution in [2.24, 2.45) is 0 Å². The van der Waals surface area contributed by atoms with Crippen LogP contribution < -0.4 is 5.32 Å². The topological polar surface area (TPSA) is 149 Å². The van der Waals surface area contributed by atoms with Gasteiger partial charge >= 0.3 is 12.1 Å². The Balaban J connectivity index is 1.85. The summed E-state index contributed by atoms with van der Waals surface area (Å²) in [4.78, 5) is 57.5. The molecule has 11 heteroatoms. The molecule has 0 radical (unpaired) electrons. The van der Waals surface area contributed by atoms with Gasteiger partial charge in [-0.1, -0.05) is 42.2 Å². The van der Waals surface area contributed by atoms with Gasteiger partial charge in [0.25, 0.3) is 5.91 Å². The molecule has 1 aromatic heterocycles. The molecule has 1 saturated heterocycles. The predicted octanol–water partition coefficient (Wildman–Crippen LogP) is 2.13. The van der Waals surface area contributed by atoms with Crippen LogP contribution in [0.1, 0.15) is 49.7 Å². The molecular formula is C29H34N4O7. The highest BCUT2D eigenvalue weighted by molar-refractivity contribution is 5.97. The van der Waals surface area contributed by atoms with Crippen molar-refractivity contribution in [1.29, 1.82) is 0 Å². The minimum absolute atomic E-state index is 0.0124. The summed E-state index contributed by atoms with van der Waals surface area (Å²) in [5.41, 5.74) is 0.370. The van der Waals surface area contributed by atoms with Crippen molar-refractivity contribution in [3.8, 4) is 23.1 Å². The largest absolute Gasteiger partial charge is 0.481 e. The number of carboxylic acid groups (broad SMARTS) is 1. The summed E-state index contributed by atoms with van der Waals surface area (Å²) >= 11 is 0. The lowest BCUT2D eigenvalue weighted by atomic mass is 10.1. The number of aliphatic hydroxyl groups is 1. The molecule has 11 nitrogen and oxygen atoms in total. The number of benzene rings is 1. The maximum Gasteiger partial charge on any atom is 0.409 e. The number of pyridine rings is 1. The fraction of sp³-hybridized carbons (Fsp3) is 0.414. The Labute approximate surface area is 233 Å². The first-order valence-electron chi connectivity index (χ1n) is 13.0. The average molecular weight is 551 g/mol. The monoisotopic (exact) mass is 550 g/mol. The number of carbonyl (C=O) groups is 4. The summed E-state index contributed by atoms with van der Waals surface area (Å²) in [6, 6.07) is 11.2. The van der Waals surface area contributed by atoms with E-state index in [4.69, 9.17) is 4.74 Å². The minimum Gasteiger partial charge on any atom is -0.481 e. The number of rotatable bonds is 8. The molecule has 3 amide bonds. The van der Waals surface area contributed by atoms with Crippen molar-refractivity contribution in [3.63, 3.8) is 0 Å². The van der Waals surface area contributed by atoms with Gasteiger partial charge in [0, 0.05) is 43.7 Å². The Morgan fingerprint density at radius 3 is 2.33 bits per heavy atom. The van der Waals surface area contributed by atoms with Crippen molar-refractivity contribution in [1.82, 2.24) is 20.1 Å². The lowest BCUT2D eigenvalue weighted by Gasteiger charge is -2.35. The third-order valence-electron chi connectivity index (χ3n) is 6.01. The van der Waals surface area contributed by atoms with Gasteiger partial charge in [0.1, 0.15) is 17.3 Å². The van der Waals surface area contributed by atoms with E-state index in [0.717, 1.165) is 5.56 Å². The summed E-state index contributed by atoms with van der Waals surface area (Å²) in [5.74, 6) is 3.37. The lowest BCUT2D eigenvalue weighted by molar-refractivity contribution is -0.138. The van der Waals surface area contributed by atoms with E-state index in [1.54, 1.807) is 13.0 Å². The highest BCUT2D eigenvalue weighted by Crippen LogP contribution is 2.19. The predicted molar refractivity (Wildman–Crippen MR) is 146 cm³/mol. The van der Waals surface area contributed by atoms with E-state index in [0.29, 0.717) is 11.3 Å². The van der Waals surface area contributed by atoms with Crippen LogP contribution in [0.25, 0.3) is 11.3 Å². The molecule has 1 unspecified atom stereocenters. The maximum atomic E-state index is 13.4. The van der Waals surface area contributed by atoms with Crippen LogP contribution in [0.15, 0.2) is 42.5 Å². The number of carboxylic acids is 1.